The van der Waals surface area contributed by atoms with Crippen LogP contribution in [0.5, 0.6) is 0 Å². The second kappa shape index (κ2) is 33.9. The lowest BCUT2D eigenvalue weighted by atomic mass is 9.87. The molecule has 24 aromatic carbocycles. The van der Waals surface area contributed by atoms with Crippen molar-refractivity contribution in [3.63, 3.8) is 0 Å². The molecule has 0 saturated carbocycles. The van der Waals surface area contributed by atoms with E-state index in [1.54, 1.807) is 11.3 Å². The number of hydrogen-bond donors (Lipinski definition) is 0. The third kappa shape index (κ3) is 13.4. The minimum atomic E-state index is 0.852. The van der Waals surface area contributed by atoms with Crippen LogP contribution in [0, 0.1) is 0 Å². The molecule has 9 heteroatoms. The highest BCUT2D eigenvalue weighted by atomic mass is 32.1. The summed E-state index contributed by atoms with van der Waals surface area (Å²) in [4.78, 5) is 14.8. The molecule has 0 spiro atoms. The van der Waals surface area contributed by atoms with Crippen molar-refractivity contribution in [3.8, 4) is 89.3 Å². The molecule has 0 atom stereocenters. The lowest BCUT2D eigenvalue weighted by Crippen LogP contribution is -2.00. The van der Waals surface area contributed by atoms with Crippen LogP contribution in [0.25, 0.3) is 283 Å². The molecular weight excluding hydrogens is 1780 g/mol. The summed E-state index contributed by atoms with van der Waals surface area (Å²) >= 11 is 1.75. The van der Waals surface area contributed by atoms with Gasteiger partial charge in [0.2, 0.25) is 0 Å². The van der Waals surface area contributed by atoms with E-state index in [1.165, 1.54) is 216 Å². The molecule has 0 radical (unpaired) electrons. The number of fused-ring (bicyclic) bond motifs is 33. The van der Waals surface area contributed by atoms with Gasteiger partial charge < -0.3 is 9.13 Å². The highest BCUT2D eigenvalue weighted by Crippen LogP contribution is 2.53. The Balaban J connectivity index is 0.000000104. The fourth-order valence-corrected chi connectivity index (χ4v) is 24.4. The van der Waals surface area contributed by atoms with Crippen molar-refractivity contribution in [3.05, 3.63) is 510 Å². The van der Waals surface area contributed by atoms with E-state index < -0.39 is 0 Å². The zero-order valence-corrected chi connectivity index (χ0v) is 79.3. The molecule has 0 aliphatic carbocycles. The van der Waals surface area contributed by atoms with Crippen molar-refractivity contribution in [2.75, 3.05) is 0 Å². The van der Waals surface area contributed by atoms with Gasteiger partial charge in [-0.15, -0.1) is 11.3 Å². The van der Waals surface area contributed by atoms with Gasteiger partial charge in [-0.25, -0.2) is 14.6 Å². The molecule has 0 saturated heterocycles. The summed E-state index contributed by atoms with van der Waals surface area (Å²) in [6, 6.07) is 178. The van der Waals surface area contributed by atoms with Crippen molar-refractivity contribution in [2.45, 2.75) is 0 Å². The van der Waals surface area contributed by atoms with Crippen LogP contribution < -0.4 is 0 Å². The molecule has 0 fully saturated rings. The molecule has 674 valence electrons. The topological polar surface area (TPSA) is 71.3 Å². The van der Waals surface area contributed by atoms with Gasteiger partial charge in [0.05, 0.1) is 66.6 Å². The van der Waals surface area contributed by atoms with Gasteiger partial charge in [-0.1, -0.05) is 364 Å². The minimum absolute atomic E-state index is 0.852. The second-order valence-corrected chi connectivity index (χ2v) is 38.7. The molecule has 0 aliphatic heterocycles. The monoisotopic (exact) mass is 1860 g/mol. The van der Waals surface area contributed by atoms with E-state index in [2.05, 4.69) is 479 Å². The van der Waals surface area contributed by atoms with Crippen LogP contribution in [0.2, 0.25) is 0 Å². The summed E-state index contributed by atoms with van der Waals surface area (Å²) in [5, 5.41) is 41.0. The highest BCUT2D eigenvalue weighted by molar-refractivity contribution is 7.21. The van der Waals surface area contributed by atoms with Crippen molar-refractivity contribution in [2.24, 2.45) is 0 Å². The predicted molar refractivity (Wildman–Crippen MR) is 613 cm³/mol. The Kier molecular flexibility index (Phi) is 19.4. The Morgan fingerprint density at radius 3 is 1.16 bits per heavy atom. The summed E-state index contributed by atoms with van der Waals surface area (Å²) in [5.74, 6) is 0.877. The molecule has 0 N–H and O–H groups in total. The van der Waals surface area contributed by atoms with Gasteiger partial charge in [0, 0.05) is 83.4 Å². The Morgan fingerprint density at radius 2 is 0.607 bits per heavy atom. The van der Waals surface area contributed by atoms with Gasteiger partial charge in [0.25, 0.3) is 0 Å². The van der Waals surface area contributed by atoms with E-state index in [0.29, 0.717) is 0 Å². The molecule has 0 amide bonds. The molecule has 31 rings (SSSR count). The lowest BCUT2D eigenvalue weighted by Gasteiger charge is -2.17. The quantitative estimate of drug-likeness (QED) is 0.128. The van der Waals surface area contributed by atoms with E-state index in [-0.39, 0.29) is 0 Å². The summed E-state index contributed by atoms with van der Waals surface area (Å²) in [7, 11) is 0. The maximum absolute atomic E-state index is 5.22. The van der Waals surface area contributed by atoms with E-state index in [0.717, 1.165) is 67.0 Å². The SMILES string of the molecule is c1ccc(-c2cc3c4ccccc4c4c5ccccc5n(-c5cccc(-c6ccccn6)n5)c4c3c3ccccc23)cc1.c1ccc(-n2cc(-c3ccc(-n4c5ccccc5c5c6ccccc6c6cc(-c7cccc8ccccc78)c7ccccc7c6c54)cc3)cn2)cc1.c1ccc2cc(-c3cc4c5ccccc5c5c6ccccc6n(-c6ccc(-c7nc8ccccc8s7)cc6)c5c4c4ccccc34)ccc2c1. The molecule has 31 aromatic rings. The van der Waals surface area contributed by atoms with E-state index in [1.807, 2.05) is 59.5 Å². The summed E-state index contributed by atoms with van der Waals surface area (Å²) in [5.41, 5.74) is 24.1. The zero-order valence-electron chi connectivity index (χ0n) is 78.5. The first-order valence-electron chi connectivity index (χ1n) is 49.5. The molecule has 7 aromatic heterocycles. The van der Waals surface area contributed by atoms with Gasteiger partial charge in [0.15, 0.2) is 0 Å². The van der Waals surface area contributed by atoms with Gasteiger partial charge in [-0.3, -0.25) is 9.55 Å². The standard InChI is InChI=1S/C49H31N3.C47H28N2S.C40H25N3/c1-2-15-35(16-3-1)51-31-34(30-50-51)32-25-27-36(28-26-32)52-46-24-11-10-22-43(46)47-42-21-9-7-19-40(42)45-29-44(38-23-12-14-33-13-4-5-17-37(33)38)39-18-6-8-20-41(39)48(45)49(47)52;1-2-12-31-27-32(22-21-29(31)11-1)39-28-40-35-14-4-6-16-37(35)44-38-17-7-9-19-42(38)49(46(44)45(40)36-15-5-3-13-34(36)39)33-25-23-30(24-26-33)47-48-41-18-8-10-20-43(41)50-47;1-2-13-26(14-3-1)32-25-33-28-16-5-7-18-30(28)38-31-19-8-9-22-36(31)43(40(38)39(33)29-17-6-4-15-27(29)32)37-23-12-21-35(42-37)34-20-10-11-24-41-34/h1-31H;1-28H;1-25H. The number of pyridine rings is 2. The first-order chi connectivity index (χ1) is 72.0. The first kappa shape index (κ1) is 83.0. The van der Waals surface area contributed by atoms with Crippen LogP contribution >= 0.6 is 11.3 Å². The molecule has 0 bridgehead atoms. The van der Waals surface area contributed by atoms with Crippen LogP contribution in [0.4, 0.5) is 0 Å². The Hall–Kier alpha value is -19.1. The maximum atomic E-state index is 5.22. The number of benzene rings is 24. The highest BCUT2D eigenvalue weighted by Gasteiger charge is 2.29. The van der Waals surface area contributed by atoms with Crippen molar-refractivity contribution < 1.29 is 0 Å². The Bertz CT molecular complexity index is 10700. The normalized spacial score (nSPS) is 11.9. The predicted octanol–water partition coefficient (Wildman–Crippen LogP) is 36.6. The number of hydrogen-bond acceptors (Lipinski definition) is 5. The molecule has 145 heavy (non-hydrogen) atoms. The van der Waals surface area contributed by atoms with Gasteiger partial charge in [-0.2, -0.15) is 5.10 Å². The van der Waals surface area contributed by atoms with Crippen LogP contribution in [0.3, 0.4) is 0 Å². The van der Waals surface area contributed by atoms with Gasteiger partial charge in [0.1, 0.15) is 10.8 Å². The zero-order chi connectivity index (χ0) is 95.3. The molecule has 0 aliphatic rings. The number of rotatable bonds is 10. The van der Waals surface area contributed by atoms with E-state index in [9.17, 15) is 0 Å². The average molecular weight is 1860 g/mol. The summed E-state index contributed by atoms with van der Waals surface area (Å²) in [6.07, 6.45) is 5.87. The fraction of sp³-hybridized carbons (Fsp3) is 0. The largest absolute Gasteiger partial charge is 0.309 e. The Labute approximate surface area is 837 Å². The molecule has 8 nitrogen and oxygen atoms in total. The van der Waals surface area contributed by atoms with Crippen LogP contribution in [-0.2, 0) is 0 Å². The van der Waals surface area contributed by atoms with Crippen molar-refractivity contribution in [1.82, 2.24) is 38.4 Å². The number of nitrogens with zero attached hydrogens (tertiary/aromatic N) is 8. The third-order valence-electron chi connectivity index (χ3n) is 29.8. The summed E-state index contributed by atoms with van der Waals surface area (Å²) in [6.45, 7) is 0. The molecular formula is C136H84N8S. The Morgan fingerprint density at radius 1 is 0.207 bits per heavy atom. The van der Waals surface area contributed by atoms with E-state index in [4.69, 9.17) is 9.97 Å². The number of para-hydroxylation sites is 5. The van der Waals surface area contributed by atoms with Crippen LogP contribution in [-0.4, -0.2) is 38.4 Å². The lowest BCUT2D eigenvalue weighted by molar-refractivity contribution is 0.881. The van der Waals surface area contributed by atoms with E-state index >= 15 is 0 Å². The maximum Gasteiger partial charge on any atom is 0.138 e. The van der Waals surface area contributed by atoms with Crippen LogP contribution in [0.1, 0.15) is 0 Å². The van der Waals surface area contributed by atoms with Gasteiger partial charge >= 0.3 is 0 Å². The van der Waals surface area contributed by atoms with Crippen molar-refractivity contribution in [1.29, 1.82) is 0 Å². The van der Waals surface area contributed by atoms with Gasteiger partial charge in [-0.05, 0) is 269 Å². The summed E-state index contributed by atoms with van der Waals surface area (Å²) < 4.78 is 10.5. The average Bonchev–Trinajstić information content (AvgIpc) is 1.56. The molecule has 7 heterocycles. The number of thiazole rings is 1. The minimum Gasteiger partial charge on any atom is -0.309 e. The second-order valence-electron chi connectivity index (χ2n) is 37.7. The number of aromatic nitrogens is 8. The molecule has 0 unspecified atom stereocenters. The third-order valence-corrected chi connectivity index (χ3v) is 30.9. The first-order valence-corrected chi connectivity index (χ1v) is 50.3. The van der Waals surface area contributed by atoms with Crippen LogP contribution in [0.15, 0.2) is 510 Å². The van der Waals surface area contributed by atoms with Crippen molar-refractivity contribution >= 4 is 205 Å². The smallest absolute Gasteiger partial charge is 0.138 e. The fourth-order valence-electron chi connectivity index (χ4n) is 23.4.